The van der Waals surface area contributed by atoms with Crippen LogP contribution in [-0.2, 0) is 20.1 Å². The molecule has 2 aliphatic carbocycles. The van der Waals surface area contributed by atoms with E-state index in [1.807, 2.05) is 0 Å². The Morgan fingerprint density at radius 1 is 0.350 bits per heavy atom. The number of rotatable bonds is 0. The van der Waals surface area contributed by atoms with E-state index < -0.39 is 0 Å². The van der Waals surface area contributed by atoms with Crippen molar-refractivity contribution in [1.82, 2.24) is 0 Å². The Kier molecular flexibility index (Phi) is 36.3. The molecule has 0 saturated carbocycles. The van der Waals surface area contributed by atoms with E-state index >= 15 is 0 Å². The van der Waals surface area contributed by atoms with Gasteiger partial charge < -0.3 is 37.2 Å². The fourth-order valence-corrected chi connectivity index (χ4v) is 2.23. The van der Waals surface area contributed by atoms with Crippen LogP contribution in [0.25, 0.3) is 0 Å². The average molecular weight is 519 g/mol. The van der Waals surface area contributed by atoms with E-state index in [1.165, 1.54) is 77.0 Å². The summed E-state index contributed by atoms with van der Waals surface area (Å²) in [5, 5.41) is 0. The molecule has 0 spiro atoms. The number of hydrogen-bond acceptors (Lipinski definition) is 0. The van der Waals surface area contributed by atoms with Crippen LogP contribution in [-0.4, -0.2) is 0 Å². The fraction of sp³-hybridized carbons (Fsp3) is 0.750. The summed E-state index contributed by atoms with van der Waals surface area (Å²) in [4.78, 5) is 0. The van der Waals surface area contributed by atoms with Crippen molar-refractivity contribution in [3.05, 3.63) is 24.3 Å². The maximum Gasteiger partial charge on any atom is 3.00 e. The SMILES string of the molecule is C1=CCCCCCC1.C1=CCCCCCC1.[Cl-].[Cl-].[Cl-].[Ir+3]. The van der Waals surface area contributed by atoms with Crippen molar-refractivity contribution < 1.29 is 57.3 Å². The van der Waals surface area contributed by atoms with Crippen LogP contribution in [0.3, 0.4) is 0 Å². The fourth-order valence-electron chi connectivity index (χ4n) is 2.23. The third-order valence-electron chi connectivity index (χ3n) is 3.32. The van der Waals surface area contributed by atoms with Crippen LogP contribution in [0.4, 0.5) is 0 Å². The van der Waals surface area contributed by atoms with Crippen LogP contribution in [0, 0.1) is 0 Å². The van der Waals surface area contributed by atoms with Gasteiger partial charge in [-0.2, -0.15) is 0 Å². The summed E-state index contributed by atoms with van der Waals surface area (Å²) in [5.74, 6) is 0. The molecule has 0 nitrogen and oxygen atoms in total. The Balaban J connectivity index is -0.000000107. The van der Waals surface area contributed by atoms with Crippen molar-refractivity contribution >= 4 is 0 Å². The zero-order chi connectivity index (χ0) is 11.3. The summed E-state index contributed by atoms with van der Waals surface area (Å²) in [6.45, 7) is 0. The third-order valence-corrected chi connectivity index (χ3v) is 3.32. The first-order valence-corrected chi connectivity index (χ1v) is 7.30. The zero-order valence-corrected chi connectivity index (χ0v) is 16.9. The van der Waals surface area contributed by atoms with Crippen LogP contribution < -0.4 is 37.2 Å². The van der Waals surface area contributed by atoms with Crippen LogP contribution in [0.15, 0.2) is 24.3 Å². The average Bonchev–Trinajstić information content (AvgIpc) is 2.15. The molecule has 0 atom stereocenters. The minimum atomic E-state index is 0. The molecule has 4 heteroatoms. The minimum absolute atomic E-state index is 0. The van der Waals surface area contributed by atoms with Crippen LogP contribution in [0.2, 0.25) is 0 Å². The molecule has 0 aromatic heterocycles. The van der Waals surface area contributed by atoms with Crippen molar-refractivity contribution in [2.24, 2.45) is 0 Å². The summed E-state index contributed by atoms with van der Waals surface area (Å²) in [6, 6.07) is 0. The molecule has 0 aliphatic heterocycles. The van der Waals surface area contributed by atoms with Crippen LogP contribution in [0.1, 0.15) is 77.0 Å². The van der Waals surface area contributed by atoms with Crippen molar-refractivity contribution in [3.63, 3.8) is 0 Å². The number of hydrogen-bond donors (Lipinski definition) is 0. The third kappa shape index (κ3) is 21.3. The van der Waals surface area contributed by atoms with Crippen LogP contribution >= 0.6 is 0 Å². The Hall–Kier alpha value is 0.999. The van der Waals surface area contributed by atoms with Gasteiger partial charge >= 0.3 is 20.1 Å². The number of halogens is 3. The Morgan fingerprint density at radius 3 is 0.750 bits per heavy atom. The molecule has 20 heavy (non-hydrogen) atoms. The topological polar surface area (TPSA) is 0 Å². The quantitative estimate of drug-likeness (QED) is 0.297. The van der Waals surface area contributed by atoms with Crippen molar-refractivity contribution in [3.8, 4) is 0 Å². The van der Waals surface area contributed by atoms with Gasteiger partial charge in [-0.25, -0.2) is 0 Å². The first-order chi connectivity index (χ1) is 8.00. The molecule has 0 saturated heterocycles. The van der Waals surface area contributed by atoms with E-state index in [2.05, 4.69) is 24.3 Å². The van der Waals surface area contributed by atoms with E-state index in [0.717, 1.165) is 0 Å². The van der Waals surface area contributed by atoms with Gasteiger partial charge in [-0.15, -0.1) is 0 Å². The molecule has 122 valence electrons. The second-order valence-corrected chi connectivity index (χ2v) is 4.93. The molecule has 2 rings (SSSR count). The maximum absolute atomic E-state index is 2.32. The molecule has 0 aromatic rings. The monoisotopic (exact) mass is 518 g/mol. The smallest absolute Gasteiger partial charge is 1.00 e. The van der Waals surface area contributed by atoms with E-state index in [9.17, 15) is 0 Å². The Bertz CT molecular complexity index is 164. The van der Waals surface area contributed by atoms with E-state index in [0.29, 0.717) is 0 Å². The normalized spacial score (nSPS) is 17.6. The molecule has 0 amide bonds. The van der Waals surface area contributed by atoms with Crippen molar-refractivity contribution in [1.29, 1.82) is 0 Å². The van der Waals surface area contributed by atoms with Gasteiger partial charge in [-0.05, 0) is 51.4 Å². The van der Waals surface area contributed by atoms with Gasteiger partial charge in [0.2, 0.25) is 0 Å². The molecule has 0 heterocycles. The van der Waals surface area contributed by atoms with Crippen LogP contribution in [0.5, 0.6) is 0 Å². The molecule has 0 radical (unpaired) electrons. The summed E-state index contributed by atoms with van der Waals surface area (Å²) in [5.41, 5.74) is 0. The summed E-state index contributed by atoms with van der Waals surface area (Å²) < 4.78 is 0. The Labute approximate surface area is 158 Å². The van der Waals surface area contributed by atoms with Gasteiger partial charge in [-0.3, -0.25) is 0 Å². The predicted molar refractivity (Wildman–Crippen MR) is 73.7 cm³/mol. The second kappa shape index (κ2) is 25.0. The molecule has 0 bridgehead atoms. The first-order valence-electron chi connectivity index (χ1n) is 7.30. The summed E-state index contributed by atoms with van der Waals surface area (Å²) in [6.07, 6.45) is 26.0. The molecule has 0 fully saturated rings. The summed E-state index contributed by atoms with van der Waals surface area (Å²) >= 11 is 0. The molecule has 0 aromatic carbocycles. The molecule has 0 unspecified atom stereocenters. The first kappa shape index (κ1) is 29.1. The van der Waals surface area contributed by atoms with Gasteiger partial charge in [0.1, 0.15) is 0 Å². The van der Waals surface area contributed by atoms with E-state index in [1.54, 1.807) is 0 Å². The minimum Gasteiger partial charge on any atom is -1.00 e. The summed E-state index contributed by atoms with van der Waals surface area (Å²) in [7, 11) is 0. The van der Waals surface area contributed by atoms with Gasteiger partial charge in [0.05, 0.1) is 0 Å². The zero-order valence-electron chi connectivity index (χ0n) is 12.3. The molecular formula is C16H28Cl3Ir. The van der Waals surface area contributed by atoms with Gasteiger partial charge in [-0.1, -0.05) is 50.0 Å². The van der Waals surface area contributed by atoms with Gasteiger partial charge in [0.25, 0.3) is 0 Å². The molecule has 0 N–H and O–H groups in total. The molecular weight excluding hydrogens is 491 g/mol. The number of allylic oxidation sites excluding steroid dienone is 4. The van der Waals surface area contributed by atoms with Gasteiger partial charge in [0, 0.05) is 0 Å². The predicted octanol–water partition coefficient (Wildman–Crippen LogP) is -3.20. The maximum atomic E-state index is 2.32. The standard InChI is InChI=1S/2C8H14.3ClH.Ir/c2*1-2-4-6-8-7-5-3-1;;;;/h2*1-2H,3-8H2;3*1H;/q;;;;;+3/p-3. The van der Waals surface area contributed by atoms with Crippen molar-refractivity contribution in [2.45, 2.75) is 77.0 Å². The van der Waals surface area contributed by atoms with Gasteiger partial charge in [0.15, 0.2) is 0 Å². The largest absolute Gasteiger partial charge is 3.00 e. The second-order valence-electron chi connectivity index (χ2n) is 4.93. The van der Waals surface area contributed by atoms with Crippen molar-refractivity contribution in [2.75, 3.05) is 0 Å². The Morgan fingerprint density at radius 2 is 0.550 bits per heavy atom. The van der Waals surface area contributed by atoms with E-state index in [4.69, 9.17) is 0 Å². The van der Waals surface area contributed by atoms with E-state index in [-0.39, 0.29) is 57.3 Å². The molecule has 2 aliphatic rings.